The van der Waals surface area contributed by atoms with E-state index in [1.54, 1.807) is 38.5 Å². The first-order valence-electron chi connectivity index (χ1n) is 12.9. The fourth-order valence-corrected chi connectivity index (χ4v) is 4.31. The number of aromatic amines is 1. The van der Waals surface area contributed by atoms with Gasteiger partial charge in [-0.3, -0.25) is 14.4 Å². The molecule has 3 amide bonds. The second-order valence-electron chi connectivity index (χ2n) is 11.1. The molecule has 0 aliphatic carbocycles. The molecule has 0 saturated heterocycles. The third-order valence-electron chi connectivity index (χ3n) is 6.11. The number of H-pyrrole nitrogens is 1. The molecule has 3 rings (SSSR count). The number of benzene rings is 1. The average Bonchev–Trinajstić information content (AvgIpc) is 3.24. The molecule has 2 heterocycles. The van der Waals surface area contributed by atoms with Gasteiger partial charge in [-0.25, -0.2) is 9.18 Å². The number of aromatic nitrogens is 2. The molecule has 0 spiro atoms. The Labute approximate surface area is 231 Å². The number of likely N-dealkylation sites (N-methyl/N-ethyl adjacent to an activating group) is 1. The molecule has 1 atom stereocenters. The summed E-state index contributed by atoms with van der Waals surface area (Å²) in [7, 11) is 3.20. The largest absolute Gasteiger partial charge is 0.465 e. The molecular weight excluding hydrogens is 517 g/mol. The van der Waals surface area contributed by atoms with Crippen molar-refractivity contribution in [3.05, 3.63) is 76.1 Å². The van der Waals surface area contributed by atoms with Crippen molar-refractivity contribution in [3.8, 4) is 0 Å². The number of allylic oxidation sites excluding steroid dienone is 1. The van der Waals surface area contributed by atoms with Gasteiger partial charge in [0.2, 0.25) is 11.8 Å². The summed E-state index contributed by atoms with van der Waals surface area (Å²) >= 11 is 0. The molecule has 214 valence electrons. The van der Waals surface area contributed by atoms with Gasteiger partial charge in [-0.15, -0.1) is 0 Å². The number of anilines is 1. The average molecular weight is 554 g/mol. The van der Waals surface area contributed by atoms with Gasteiger partial charge in [-0.05, 0) is 66.6 Å². The number of nitrogens with zero attached hydrogens (tertiary/aromatic N) is 2. The zero-order valence-electron chi connectivity index (χ0n) is 23.4. The molecule has 0 bridgehead atoms. The topological polar surface area (TPSA) is 137 Å². The van der Waals surface area contributed by atoms with Gasteiger partial charge in [-0.1, -0.05) is 26.8 Å². The van der Waals surface area contributed by atoms with Crippen molar-refractivity contribution in [2.24, 2.45) is 5.41 Å². The summed E-state index contributed by atoms with van der Waals surface area (Å²) in [5.74, 6) is -1.26. The molecule has 0 radical (unpaired) electrons. The van der Waals surface area contributed by atoms with E-state index in [1.807, 2.05) is 0 Å². The molecule has 1 aromatic carbocycles. The van der Waals surface area contributed by atoms with Crippen molar-refractivity contribution < 1.29 is 23.9 Å². The van der Waals surface area contributed by atoms with E-state index >= 15 is 0 Å². The molecule has 4 N–H and O–H groups in total. The van der Waals surface area contributed by atoms with Gasteiger partial charge in [0.15, 0.2) is 0 Å². The number of carbonyl (C=O) groups is 3. The van der Waals surface area contributed by atoms with Crippen LogP contribution in [0.3, 0.4) is 0 Å². The standard InChI is InChI=1S/C29H36FN5O5/c1-29(2,3)16-19-14-20(30)13-18-15-21(31-25(18)19)17-35-12-8-10-23(27(35)38)32-26(37)22(33-28(39)40)9-6-7-11-24(36)34(4)5/h7-8,10-15,22,31,33H,6,9,16-17H2,1-5H3,(H,32,37)(H,39,40)/b11-7+/t22-/m0/s1. The fraction of sp³-hybridized carbons (Fsp3) is 0.379. The van der Waals surface area contributed by atoms with E-state index in [0.717, 1.165) is 11.1 Å². The minimum absolute atomic E-state index is 0.0152. The van der Waals surface area contributed by atoms with Crippen molar-refractivity contribution in [2.75, 3.05) is 19.4 Å². The number of amides is 3. The zero-order valence-corrected chi connectivity index (χ0v) is 23.4. The van der Waals surface area contributed by atoms with Crippen LogP contribution in [-0.4, -0.2) is 57.6 Å². The predicted molar refractivity (Wildman–Crippen MR) is 152 cm³/mol. The van der Waals surface area contributed by atoms with Gasteiger partial charge in [0.05, 0.1) is 6.54 Å². The number of rotatable bonds is 10. The molecule has 0 aliphatic rings. The lowest BCUT2D eigenvalue weighted by Gasteiger charge is -2.18. The van der Waals surface area contributed by atoms with Gasteiger partial charge in [0.1, 0.15) is 17.5 Å². The molecular formula is C29H36FN5O5. The number of pyridine rings is 1. The van der Waals surface area contributed by atoms with Crippen LogP contribution < -0.4 is 16.2 Å². The molecule has 0 saturated carbocycles. The Morgan fingerprint density at radius 1 is 1.20 bits per heavy atom. The Morgan fingerprint density at radius 3 is 2.58 bits per heavy atom. The summed E-state index contributed by atoms with van der Waals surface area (Å²) in [6.45, 7) is 6.38. The van der Waals surface area contributed by atoms with Crippen LogP contribution in [0, 0.1) is 11.2 Å². The Morgan fingerprint density at radius 2 is 1.93 bits per heavy atom. The molecule has 2 aromatic heterocycles. The lowest BCUT2D eigenvalue weighted by atomic mass is 9.87. The van der Waals surface area contributed by atoms with E-state index in [4.69, 9.17) is 0 Å². The normalized spacial score (nSPS) is 12.4. The zero-order chi connectivity index (χ0) is 29.6. The van der Waals surface area contributed by atoms with Gasteiger partial charge in [0, 0.05) is 36.9 Å². The maximum Gasteiger partial charge on any atom is 0.405 e. The summed E-state index contributed by atoms with van der Waals surface area (Å²) in [6, 6.07) is 6.65. The molecule has 3 aromatic rings. The third-order valence-corrected chi connectivity index (χ3v) is 6.11. The lowest BCUT2D eigenvalue weighted by Crippen LogP contribution is -2.44. The van der Waals surface area contributed by atoms with Crippen LogP contribution in [0.1, 0.15) is 44.9 Å². The van der Waals surface area contributed by atoms with E-state index in [0.29, 0.717) is 17.5 Å². The second kappa shape index (κ2) is 12.6. The highest BCUT2D eigenvalue weighted by Gasteiger charge is 2.21. The van der Waals surface area contributed by atoms with Crippen molar-refractivity contribution in [2.45, 2.75) is 52.6 Å². The second-order valence-corrected chi connectivity index (χ2v) is 11.1. The third kappa shape index (κ3) is 8.29. The fourth-order valence-electron chi connectivity index (χ4n) is 4.31. The highest BCUT2D eigenvalue weighted by molar-refractivity contribution is 5.96. The number of hydrogen-bond donors (Lipinski definition) is 4. The molecule has 10 nitrogen and oxygen atoms in total. The molecule has 40 heavy (non-hydrogen) atoms. The van der Waals surface area contributed by atoms with Crippen LogP contribution in [0.2, 0.25) is 0 Å². The molecule has 11 heteroatoms. The Balaban J connectivity index is 1.78. The van der Waals surface area contributed by atoms with Gasteiger partial charge in [-0.2, -0.15) is 0 Å². The van der Waals surface area contributed by atoms with Crippen LogP contribution in [0.15, 0.2) is 53.5 Å². The lowest BCUT2D eigenvalue weighted by molar-refractivity contribution is -0.123. The highest BCUT2D eigenvalue weighted by Crippen LogP contribution is 2.28. The smallest absolute Gasteiger partial charge is 0.405 e. The number of hydrogen-bond acceptors (Lipinski definition) is 4. The Kier molecular flexibility index (Phi) is 9.51. The Bertz CT molecular complexity index is 1480. The maximum absolute atomic E-state index is 14.3. The summed E-state index contributed by atoms with van der Waals surface area (Å²) < 4.78 is 15.7. The molecule has 0 unspecified atom stereocenters. The number of fused-ring (bicyclic) bond motifs is 1. The van der Waals surface area contributed by atoms with E-state index in [1.165, 1.54) is 33.7 Å². The number of halogens is 1. The number of nitrogens with one attached hydrogen (secondary N) is 3. The number of carboxylic acid groups (broad SMARTS) is 1. The monoisotopic (exact) mass is 553 g/mol. The minimum atomic E-state index is -1.39. The predicted octanol–water partition coefficient (Wildman–Crippen LogP) is 4.10. The van der Waals surface area contributed by atoms with E-state index in [2.05, 4.69) is 36.4 Å². The van der Waals surface area contributed by atoms with E-state index in [-0.39, 0.29) is 42.2 Å². The summed E-state index contributed by atoms with van der Waals surface area (Å²) in [6.07, 6.45) is 4.08. The van der Waals surface area contributed by atoms with Crippen LogP contribution in [-0.2, 0) is 22.6 Å². The van der Waals surface area contributed by atoms with E-state index in [9.17, 15) is 28.7 Å². The SMILES string of the molecule is CN(C)C(=O)/C=C/CC[C@H](NC(=O)O)C(=O)Nc1cccn(Cc2cc3cc(F)cc(CC(C)(C)C)c3[nH]2)c1=O. The van der Waals surface area contributed by atoms with Gasteiger partial charge in [0.25, 0.3) is 5.56 Å². The van der Waals surface area contributed by atoms with E-state index < -0.39 is 23.6 Å². The Hall–Kier alpha value is -4.41. The number of carbonyl (C=O) groups excluding carboxylic acids is 2. The highest BCUT2D eigenvalue weighted by atomic mass is 19.1. The molecule has 0 aliphatic heterocycles. The van der Waals surface area contributed by atoms with Gasteiger partial charge < -0.3 is 30.2 Å². The first kappa shape index (κ1) is 30.1. The van der Waals surface area contributed by atoms with Crippen LogP contribution >= 0.6 is 0 Å². The summed E-state index contributed by atoms with van der Waals surface area (Å²) in [4.78, 5) is 53.7. The first-order valence-corrected chi connectivity index (χ1v) is 12.9. The maximum atomic E-state index is 14.3. The van der Waals surface area contributed by atoms with Crippen molar-refractivity contribution >= 4 is 34.5 Å². The van der Waals surface area contributed by atoms with Crippen LogP contribution in [0.5, 0.6) is 0 Å². The summed E-state index contributed by atoms with van der Waals surface area (Å²) in [5, 5.41) is 14.6. The van der Waals surface area contributed by atoms with Crippen LogP contribution in [0.25, 0.3) is 10.9 Å². The first-order chi connectivity index (χ1) is 18.7. The summed E-state index contributed by atoms with van der Waals surface area (Å²) in [5.41, 5.74) is 1.79. The quantitative estimate of drug-likeness (QED) is 0.280. The molecule has 0 fully saturated rings. The van der Waals surface area contributed by atoms with Crippen LogP contribution in [0.4, 0.5) is 14.9 Å². The van der Waals surface area contributed by atoms with Crippen molar-refractivity contribution in [1.29, 1.82) is 0 Å². The van der Waals surface area contributed by atoms with Gasteiger partial charge >= 0.3 is 6.09 Å². The van der Waals surface area contributed by atoms with Crippen molar-refractivity contribution in [3.63, 3.8) is 0 Å². The minimum Gasteiger partial charge on any atom is -0.465 e. The van der Waals surface area contributed by atoms with Crippen molar-refractivity contribution in [1.82, 2.24) is 19.8 Å².